The quantitative estimate of drug-likeness (QED) is 0.896. The third kappa shape index (κ3) is 2.87. The molecule has 0 bridgehead atoms. The lowest BCUT2D eigenvalue weighted by molar-refractivity contribution is 0.102. The van der Waals surface area contributed by atoms with E-state index in [1.54, 1.807) is 18.3 Å². The Morgan fingerprint density at radius 3 is 2.67 bits per heavy atom. The van der Waals surface area contributed by atoms with Gasteiger partial charge < -0.3 is 5.32 Å². The Bertz CT molecular complexity index is 596. The highest BCUT2D eigenvalue weighted by molar-refractivity contribution is 6.31. The zero-order valence-electron chi connectivity index (χ0n) is 10.2. The lowest BCUT2D eigenvalue weighted by Gasteiger charge is -2.06. The molecule has 0 fully saturated rings. The summed E-state index contributed by atoms with van der Waals surface area (Å²) in [4.78, 5) is 16.1. The fourth-order valence-corrected chi connectivity index (χ4v) is 1.71. The standard InChI is InChI=1S/C14H13ClN2O/c1-9-5-6-16-13(7-9)17-14(18)11-4-3-10(2)12(15)8-11/h3-8H,1-2H3,(H,16,17,18). The fraction of sp³-hybridized carbons (Fsp3) is 0.143. The van der Waals surface area contributed by atoms with Crippen LogP contribution in [0, 0.1) is 13.8 Å². The molecule has 0 aliphatic carbocycles. The largest absolute Gasteiger partial charge is 0.307 e. The van der Waals surface area contributed by atoms with Crippen LogP contribution in [0.25, 0.3) is 0 Å². The van der Waals surface area contributed by atoms with Gasteiger partial charge in [-0.1, -0.05) is 17.7 Å². The average Bonchev–Trinajstić information content (AvgIpc) is 2.32. The summed E-state index contributed by atoms with van der Waals surface area (Å²) in [6.45, 7) is 3.84. The number of rotatable bonds is 2. The number of pyridine rings is 1. The number of aromatic nitrogens is 1. The molecule has 1 aromatic carbocycles. The molecular weight excluding hydrogens is 248 g/mol. The maximum absolute atomic E-state index is 12.0. The van der Waals surface area contributed by atoms with E-state index in [1.807, 2.05) is 32.0 Å². The van der Waals surface area contributed by atoms with Crippen LogP contribution in [-0.4, -0.2) is 10.9 Å². The number of carbonyl (C=O) groups excluding carboxylic acids is 1. The van der Waals surface area contributed by atoms with E-state index < -0.39 is 0 Å². The number of amides is 1. The number of nitrogens with zero attached hydrogens (tertiary/aromatic N) is 1. The van der Waals surface area contributed by atoms with Gasteiger partial charge in [0.1, 0.15) is 5.82 Å². The molecule has 0 radical (unpaired) electrons. The molecule has 0 aliphatic heterocycles. The second-order valence-corrected chi connectivity index (χ2v) is 4.54. The van der Waals surface area contributed by atoms with Crippen molar-refractivity contribution in [2.45, 2.75) is 13.8 Å². The van der Waals surface area contributed by atoms with E-state index in [2.05, 4.69) is 10.3 Å². The van der Waals surface area contributed by atoms with Crippen LogP contribution in [0.15, 0.2) is 36.5 Å². The van der Waals surface area contributed by atoms with Gasteiger partial charge in [0.05, 0.1) is 0 Å². The Balaban J connectivity index is 2.19. The number of hydrogen-bond acceptors (Lipinski definition) is 2. The summed E-state index contributed by atoms with van der Waals surface area (Å²) in [5.41, 5.74) is 2.51. The van der Waals surface area contributed by atoms with Crippen molar-refractivity contribution in [1.29, 1.82) is 0 Å². The molecule has 92 valence electrons. The molecule has 1 heterocycles. The molecule has 0 saturated carbocycles. The Labute approximate surface area is 111 Å². The van der Waals surface area contributed by atoms with Crippen molar-refractivity contribution >= 4 is 23.3 Å². The lowest BCUT2D eigenvalue weighted by Crippen LogP contribution is -2.13. The van der Waals surface area contributed by atoms with Gasteiger partial charge in [-0.05, 0) is 49.2 Å². The van der Waals surface area contributed by atoms with Crippen LogP contribution in [0.4, 0.5) is 5.82 Å². The number of carbonyl (C=O) groups is 1. The summed E-state index contributed by atoms with van der Waals surface area (Å²) in [6.07, 6.45) is 1.66. The van der Waals surface area contributed by atoms with E-state index in [0.717, 1.165) is 11.1 Å². The molecule has 2 rings (SSSR count). The van der Waals surface area contributed by atoms with E-state index in [4.69, 9.17) is 11.6 Å². The number of nitrogens with one attached hydrogen (secondary N) is 1. The van der Waals surface area contributed by atoms with Crippen LogP contribution < -0.4 is 5.32 Å². The zero-order chi connectivity index (χ0) is 13.1. The van der Waals surface area contributed by atoms with Crippen LogP contribution in [0.1, 0.15) is 21.5 Å². The van der Waals surface area contributed by atoms with Gasteiger partial charge in [-0.3, -0.25) is 4.79 Å². The van der Waals surface area contributed by atoms with Crippen LogP contribution in [-0.2, 0) is 0 Å². The summed E-state index contributed by atoms with van der Waals surface area (Å²) < 4.78 is 0. The topological polar surface area (TPSA) is 42.0 Å². The van der Waals surface area contributed by atoms with Gasteiger partial charge >= 0.3 is 0 Å². The van der Waals surface area contributed by atoms with Gasteiger partial charge in [-0.25, -0.2) is 4.98 Å². The monoisotopic (exact) mass is 260 g/mol. The van der Waals surface area contributed by atoms with Crippen LogP contribution in [0.2, 0.25) is 5.02 Å². The highest BCUT2D eigenvalue weighted by Gasteiger charge is 2.08. The molecule has 0 aliphatic rings. The van der Waals surface area contributed by atoms with Gasteiger partial charge in [0.15, 0.2) is 0 Å². The van der Waals surface area contributed by atoms with Crippen molar-refractivity contribution in [1.82, 2.24) is 4.98 Å². The van der Waals surface area contributed by atoms with Crippen LogP contribution in [0.5, 0.6) is 0 Å². The van der Waals surface area contributed by atoms with Crippen molar-refractivity contribution in [2.75, 3.05) is 5.32 Å². The first-order valence-electron chi connectivity index (χ1n) is 5.56. The molecule has 1 N–H and O–H groups in total. The van der Waals surface area contributed by atoms with Crippen molar-refractivity contribution in [3.63, 3.8) is 0 Å². The zero-order valence-corrected chi connectivity index (χ0v) is 11.0. The predicted molar refractivity (Wildman–Crippen MR) is 73.1 cm³/mol. The molecule has 0 saturated heterocycles. The first kappa shape index (κ1) is 12.6. The molecule has 1 aromatic heterocycles. The number of halogens is 1. The van der Waals surface area contributed by atoms with Gasteiger partial charge in [0.2, 0.25) is 0 Å². The third-order valence-corrected chi connectivity index (χ3v) is 3.00. The number of aryl methyl sites for hydroxylation is 2. The van der Waals surface area contributed by atoms with Crippen LogP contribution in [0.3, 0.4) is 0 Å². The average molecular weight is 261 g/mol. The number of hydrogen-bond donors (Lipinski definition) is 1. The summed E-state index contributed by atoms with van der Waals surface area (Å²) in [5.74, 6) is 0.326. The summed E-state index contributed by atoms with van der Waals surface area (Å²) in [5, 5.41) is 3.32. The Kier molecular flexibility index (Phi) is 3.63. The van der Waals surface area contributed by atoms with Crippen molar-refractivity contribution < 1.29 is 4.79 Å². The van der Waals surface area contributed by atoms with E-state index in [0.29, 0.717) is 16.4 Å². The summed E-state index contributed by atoms with van der Waals surface area (Å²) in [7, 11) is 0. The molecule has 0 atom stereocenters. The Morgan fingerprint density at radius 1 is 1.22 bits per heavy atom. The smallest absolute Gasteiger partial charge is 0.256 e. The van der Waals surface area contributed by atoms with Crippen LogP contribution >= 0.6 is 11.6 Å². The van der Waals surface area contributed by atoms with E-state index >= 15 is 0 Å². The van der Waals surface area contributed by atoms with E-state index in [-0.39, 0.29) is 5.91 Å². The highest BCUT2D eigenvalue weighted by Crippen LogP contribution is 2.17. The molecule has 0 spiro atoms. The molecular formula is C14H13ClN2O. The molecule has 2 aromatic rings. The van der Waals surface area contributed by atoms with Gasteiger partial charge in [0, 0.05) is 16.8 Å². The first-order chi connectivity index (χ1) is 8.56. The van der Waals surface area contributed by atoms with Crippen molar-refractivity contribution in [3.8, 4) is 0 Å². The highest BCUT2D eigenvalue weighted by atomic mass is 35.5. The molecule has 0 unspecified atom stereocenters. The SMILES string of the molecule is Cc1ccnc(NC(=O)c2ccc(C)c(Cl)c2)c1. The second-order valence-electron chi connectivity index (χ2n) is 4.14. The van der Waals surface area contributed by atoms with Gasteiger partial charge in [-0.2, -0.15) is 0 Å². The molecule has 3 nitrogen and oxygen atoms in total. The van der Waals surface area contributed by atoms with Gasteiger partial charge in [0.25, 0.3) is 5.91 Å². The second kappa shape index (κ2) is 5.19. The molecule has 4 heteroatoms. The third-order valence-electron chi connectivity index (χ3n) is 2.59. The maximum atomic E-state index is 12.0. The molecule has 18 heavy (non-hydrogen) atoms. The fourth-order valence-electron chi connectivity index (χ4n) is 1.53. The normalized spacial score (nSPS) is 10.2. The maximum Gasteiger partial charge on any atom is 0.256 e. The molecule has 1 amide bonds. The summed E-state index contributed by atoms with van der Waals surface area (Å²) >= 11 is 5.99. The van der Waals surface area contributed by atoms with Gasteiger partial charge in [-0.15, -0.1) is 0 Å². The number of benzene rings is 1. The summed E-state index contributed by atoms with van der Waals surface area (Å²) in [6, 6.07) is 8.90. The minimum Gasteiger partial charge on any atom is -0.307 e. The van der Waals surface area contributed by atoms with Crippen molar-refractivity contribution in [3.05, 3.63) is 58.2 Å². The lowest BCUT2D eigenvalue weighted by atomic mass is 10.1. The van der Waals surface area contributed by atoms with Crippen molar-refractivity contribution in [2.24, 2.45) is 0 Å². The minimum absolute atomic E-state index is 0.213. The minimum atomic E-state index is -0.213. The van der Waals surface area contributed by atoms with E-state index in [1.165, 1.54) is 0 Å². The number of anilines is 1. The predicted octanol–water partition coefficient (Wildman–Crippen LogP) is 3.60. The Hall–Kier alpha value is -1.87. The van der Waals surface area contributed by atoms with E-state index in [9.17, 15) is 4.79 Å². The Morgan fingerprint density at radius 2 is 2.00 bits per heavy atom. The first-order valence-corrected chi connectivity index (χ1v) is 5.94.